The molecule has 1 aliphatic heterocycles. The van der Waals surface area contributed by atoms with Crippen molar-refractivity contribution >= 4 is 27.4 Å². The number of benzene rings is 3. The number of ether oxygens (including phenoxy) is 2. The third kappa shape index (κ3) is 8.40. The minimum absolute atomic E-state index is 0.143. The van der Waals surface area contributed by atoms with E-state index in [4.69, 9.17) is 9.47 Å². The van der Waals surface area contributed by atoms with Gasteiger partial charge in [-0.3, -0.25) is 9.62 Å². The summed E-state index contributed by atoms with van der Waals surface area (Å²) in [6, 6.07) is 21.9. The van der Waals surface area contributed by atoms with Crippen LogP contribution in [-0.2, 0) is 16.6 Å². The van der Waals surface area contributed by atoms with Crippen LogP contribution in [0.3, 0.4) is 0 Å². The van der Waals surface area contributed by atoms with Crippen molar-refractivity contribution in [2.75, 3.05) is 36.5 Å². The van der Waals surface area contributed by atoms with Gasteiger partial charge in [0.1, 0.15) is 17.2 Å². The molecular formula is C27H32N4O5S. The smallest absolute Gasteiger partial charge is 0.319 e. The van der Waals surface area contributed by atoms with Crippen molar-refractivity contribution in [1.82, 2.24) is 10.2 Å². The first-order valence-corrected chi connectivity index (χ1v) is 13.9. The van der Waals surface area contributed by atoms with E-state index >= 15 is 0 Å². The first-order valence-electron chi connectivity index (χ1n) is 12.0. The first-order chi connectivity index (χ1) is 17.8. The number of amides is 2. The van der Waals surface area contributed by atoms with Gasteiger partial charge in [-0.1, -0.05) is 12.1 Å². The van der Waals surface area contributed by atoms with Gasteiger partial charge in [0.15, 0.2) is 0 Å². The summed E-state index contributed by atoms with van der Waals surface area (Å²) in [6.07, 6.45) is 2.89. The van der Waals surface area contributed by atoms with Crippen LogP contribution in [0.1, 0.15) is 18.4 Å². The molecule has 0 unspecified atom stereocenters. The standard InChI is InChI=1S/C27H32N4O5S/c1-35-24-11-5-21(6-12-24)28-27(32)29-22-15-17-31(18-16-22)19-20-3-9-25(10-4-20)36-26-13-7-23(8-14-26)30-37(2,33)34/h3-14,22,30H,15-19H2,1-2H3,(H2,28,29,32). The fraction of sp³-hybridized carbons (Fsp3) is 0.296. The van der Waals surface area contributed by atoms with E-state index in [2.05, 4.69) is 20.3 Å². The van der Waals surface area contributed by atoms with E-state index in [0.717, 1.165) is 50.2 Å². The zero-order valence-electron chi connectivity index (χ0n) is 20.9. The highest BCUT2D eigenvalue weighted by molar-refractivity contribution is 7.92. The van der Waals surface area contributed by atoms with Crippen molar-refractivity contribution in [3.05, 3.63) is 78.4 Å². The molecule has 196 valence electrons. The Hall–Kier alpha value is -3.76. The summed E-state index contributed by atoms with van der Waals surface area (Å²) >= 11 is 0. The molecule has 1 aliphatic rings. The monoisotopic (exact) mass is 524 g/mol. The lowest BCUT2D eigenvalue weighted by Gasteiger charge is -2.32. The zero-order valence-corrected chi connectivity index (χ0v) is 21.8. The lowest BCUT2D eigenvalue weighted by atomic mass is 10.0. The van der Waals surface area contributed by atoms with Crippen LogP contribution in [-0.4, -0.2) is 51.8 Å². The van der Waals surface area contributed by atoms with Crippen LogP contribution in [0.15, 0.2) is 72.8 Å². The Morgan fingerprint density at radius 3 is 1.97 bits per heavy atom. The van der Waals surface area contributed by atoms with Crippen molar-refractivity contribution in [2.24, 2.45) is 0 Å². The summed E-state index contributed by atoms with van der Waals surface area (Å²) in [5.41, 5.74) is 2.40. The maximum absolute atomic E-state index is 12.3. The maximum atomic E-state index is 12.3. The third-order valence-corrected chi connectivity index (χ3v) is 6.60. The molecule has 2 amide bonds. The molecule has 0 saturated carbocycles. The number of hydrogen-bond donors (Lipinski definition) is 3. The van der Waals surface area contributed by atoms with E-state index in [0.29, 0.717) is 17.2 Å². The largest absolute Gasteiger partial charge is 0.497 e. The van der Waals surface area contributed by atoms with Crippen LogP contribution >= 0.6 is 0 Å². The molecule has 9 nitrogen and oxygen atoms in total. The Balaban J connectivity index is 1.19. The van der Waals surface area contributed by atoms with Crippen LogP contribution < -0.4 is 24.8 Å². The number of nitrogens with one attached hydrogen (secondary N) is 3. The van der Waals surface area contributed by atoms with Crippen LogP contribution in [0, 0.1) is 0 Å². The number of likely N-dealkylation sites (tertiary alicyclic amines) is 1. The molecule has 3 aromatic carbocycles. The predicted molar refractivity (Wildman–Crippen MR) is 145 cm³/mol. The summed E-state index contributed by atoms with van der Waals surface area (Å²) in [6.45, 7) is 2.64. The Kier molecular flexibility index (Phi) is 8.52. The fourth-order valence-electron chi connectivity index (χ4n) is 4.12. The highest BCUT2D eigenvalue weighted by Gasteiger charge is 2.21. The van der Waals surface area contributed by atoms with E-state index in [1.54, 1.807) is 31.4 Å². The van der Waals surface area contributed by atoms with Gasteiger partial charge in [-0.25, -0.2) is 13.2 Å². The predicted octanol–water partition coefficient (Wildman–Crippen LogP) is 4.65. The normalized spacial score (nSPS) is 14.5. The molecule has 10 heteroatoms. The molecule has 0 atom stereocenters. The molecule has 1 heterocycles. The van der Waals surface area contributed by atoms with Crippen LogP contribution in [0.4, 0.5) is 16.2 Å². The minimum atomic E-state index is -3.31. The summed E-state index contributed by atoms with van der Waals surface area (Å²) < 4.78 is 36.1. The van der Waals surface area contributed by atoms with Gasteiger partial charge >= 0.3 is 6.03 Å². The third-order valence-electron chi connectivity index (χ3n) is 5.99. The number of sulfonamides is 1. The summed E-state index contributed by atoms with van der Waals surface area (Å²) in [4.78, 5) is 14.7. The topological polar surface area (TPSA) is 109 Å². The summed E-state index contributed by atoms with van der Waals surface area (Å²) in [5.74, 6) is 2.08. The Labute approximate surface area is 217 Å². The van der Waals surface area contributed by atoms with Gasteiger partial charge in [0.25, 0.3) is 0 Å². The van der Waals surface area contributed by atoms with E-state index < -0.39 is 10.0 Å². The van der Waals surface area contributed by atoms with E-state index in [1.807, 2.05) is 48.5 Å². The second-order valence-electron chi connectivity index (χ2n) is 9.02. The van der Waals surface area contributed by atoms with Crippen LogP contribution in [0.2, 0.25) is 0 Å². The number of carbonyl (C=O) groups is 1. The number of urea groups is 1. The first kappa shape index (κ1) is 26.3. The number of methoxy groups -OCH3 is 1. The Bertz CT molecular complexity index is 1270. The quantitative estimate of drug-likeness (QED) is 0.376. The number of anilines is 2. The number of hydrogen-bond acceptors (Lipinski definition) is 6. The van der Waals surface area contributed by atoms with Gasteiger partial charge in [0.05, 0.1) is 13.4 Å². The van der Waals surface area contributed by atoms with Crippen molar-refractivity contribution in [1.29, 1.82) is 0 Å². The van der Waals surface area contributed by atoms with Gasteiger partial charge in [-0.15, -0.1) is 0 Å². The molecule has 0 spiro atoms. The molecule has 4 rings (SSSR count). The minimum Gasteiger partial charge on any atom is -0.497 e. The molecule has 3 aromatic rings. The molecule has 37 heavy (non-hydrogen) atoms. The van der Waals surface area contributed by atoms with Gasteiger partial charge in [-0.2, -0.15) is 0 Å². The van der Waals surface area contributed by atoms with Gasteiger partial charge in [-0.05, 0) is 79.1 Å². The number of piperidine rings is 1. The highest BCUT2D eigenvalue weighted by Crippen LogP contribution is 2.24. The average molecular weight is 525 g/mol. The molecule has 0 aliphatic carbocycles. The summed E-state index contributed by atoms with van der Waals surface area (Å²) in [7, 11) is -1.70. The lowest BCUT2D eigenvalue weighted by Crippen LogP contribution is -2.45. The van der Waals surface area contributed by atoms with E-state index in [9.17, 15) is 13.2 Å². The molecule has 1 saturated heterocycles. The molecule has 1 fully saturated rings. The lowest BCUT2D eigenvalue weighted by molar-refractivity contribution is 0.190. The second-order valence-corrected chi connectivity index (χ2v) is 10.8. The molecule has 3 N–H and O–H groups in total. The van der Waals surface area contributed by atoms with Gasteiger partial charge in [0, 0.05) is 37.1 Å². The van der Waals surface area contributed by atoms with Gasteiger partial charge < -0.3 is 20.1 Å². The number of nitrogens with zero attached hydrogens (tertiary/aromatic N) is 1. The van der Waals surface area contributed by atoms with Crippen LogP contribution in [0.25, 0.3) is 0 Å². The molecule has 0 bridgehead atoms. The highest BCUT2D eigenvalue weighted by atomic mass is 32.2. The fourth-order valence-corrected chi connectivity index (χ4v) is 4.69. The van der Waals surface area contributed by atoms with Crippen molar-refractivity contribution in [3.8, 4) is 17.2 Å². The van der Waals surface area contributed by atoms with Crippen LogP contribution in [0.5, 0.6) is 17.2 Å². The summed E-state index contributed by atoms with van der Waals surface area (Å²) in [5, 5.41) is 5.93. The van der Waals surface area contributed by atoms with Gasteiger partial charge in [0.2, 0.25) is 10.0 Å². The Morgan fingerprint density at radius 1 is 0.865 bits per heavy atom. The SMILES string of the molecule is COc1ccc(NC(=O)NC2CCN(Cc3ccc(Oc4ccc(NS(C)(=O)=O)cc4)cc3)CC2)cc1. The van der Waals surface area contributed by atoms with Crippen molar-refractivity contribution < 1.29 is 22.7 Å². The van der Waals surface area contributed by atoms with E-state index in [1.165, 1.54) is 5.56 Å². The Morgan fingerprint density at radius 2 is 1.41 bits per heavy atom. The maximum Gasteiger partial charge on any atom is 0.319 e. The van der Waals surface area contributed by atoms with Crippen molar-refractivity contribution in [2.45, 2.75) is 25.4 Å². The van der Waals surface area contributed by atoms with Crippen molar-refractivity contribution in [3.63, 3.8) is 0 Å². The van der Waals surface area contributed by atoms with E-state index in [-0.39, 0.29) is 12.1 Å². The number of carbonyl (C=O) groups excluding carboxylic acids is 1. The number of rotatable bonds is 9. The average Bonchev–Trinajstić information content (AvgIpc) is 2.87. The zero-order chi connectivity index (χ0) is 26.3. The molecule has 0 radical (unpaired) electrons. The molecule has 0 aromatic heterocycles. The second kappa shape index (κ2) is 12.0. The molecular weight excluding hydrogens is 492 g/mol.